The molecule has 1 N–H and O–H groups in total. The van der Waals surface area contributed by atoms with E-state index in [1.54, 1.807) is 23.7 Å². The number of hydrogen-bond donors (Lipinski definition) is 1. The van der Waals surface area contributed by atoms with Crippen molar-refractivity contribution in [2.24, 2.45) is 0 Å². The van der Waals surface area contributed by atoms with Gasteiger partial charge < -0.3 is 0 Å². The fraction of sp³-hybridized carbons (Fsp3) is 0.0667. The van der Waals surface area contributed by atoms with E-state index in [4.69, 9.17) is 4.84 Å². The zero-order valence-corrected chi connectivity index (χ0v) is 12.1. The Kier molecular flexibility index (Phi) is 3.70. The normalized spacial score (nSPS) is 10.3. The van der Waals surface area contributed by atoms with Gasteiger partial charge in [0.15, 0.2) is 0 Å². The van der Waals surface area contributed by atoms with Crippen LogP contribution in [-0.4, -0.2) is 16.0 Å². The van der Waals surface area contributed by atoms with Crippen molar-refractivity contribution in [2.45, 2.75) is 6.92 Å². The number of carbonyl (C=O) groups is 1. The van der Waals surface area contributed by atoms with Crippen LogP contribution in [0.2, 0.25) is 0 Å². The maximum Gasteiger partial charge on any atom is 0.437 e. The summed E-state index contributed by atoms with van der Waals surface area (Å²) in [5.74, 6) is 0. The Balaban J connectivity index is 1.67. The zero-order chi connectivity index (χ0) is 14.7. The number of benzene rings is 1. The first-order valence-electron chi connectivity index (χ1n) is 6.36. The molecule has 0 aliphatic rings. The highest BCUT2D eigenvalue weighted by atomic mass is 32.1. The van der Waals surface area contributed by atoms with Crippen molar-refractivity contribution in [1.29, 1.82) is 0 Å². The quantitative estimate of drug-likeness (QED) is 0.804. The third-order valence-corrected chi connectivity index (χ3v) is 3.84. The number of aromatic nitrogens is 2. The highest BCUT2D eigenvalue weighted by Crippen LogP contribution is 2.23. The van der Waals surface area contributed by atoms with Crippen LogP contribution in [0.4, 0.5) is 10.5 Å². The van der Waals surface area contributed by atoms with Crippen LogP contribution < -0.4 is 10.2 Å². The van der Waals surface area contributed by atoms with E-state index in [9.17, 15) is 4.79 Å². The average molecular weight is 299 g/mol. The fourth-order valence-electron chi connectivity index (χ4n) is 1.86. The number of rotatable bonds is 3. The summed E-state index contributed by atoms with van der Waals surface area (Å²) in [5, 5.41) is 8.68. The van der Waals surface area contributed by atoms with Crippen LogP contribution in [-0.2, 0) is 0 Å². The van der Waals surface area contributed by atoms with Gasteiger partial charge in [0.1, 0.15) is 0 Å². The molecule has 2 heterocycles. The molecular weight excluding hydrogens is 286 g/mol. The lowest BCUT2D eigenvalue weighted by Crippen LogP contribution is -2.25. The molecule has 3 rings (SSSR count). The Morgan fingerprint density at radius 3 is 2.90 bits per heavy atom. The molecule has 21 heavy (non-hydrogen) atoms. The molecule has 1 aromatic carbocycles. The summed E-state index contributed by atoms with van der Waals surface area (Å²) in [6, 6.07) is 11.4. The summed E-state index contributed by atoms with van der Waals surface area (Å²) < 4.78 is 0. The Morgan fingerprint density at radius 2 is 2.14 bits per heavy atom. The molecule has 0 radical (unpaired) electrons. The Labute approximate surface area is 125 Å². The molecule has 0 spiro atoms. The van der Waals surface area contributed by atoms with Crippen molar-refractivity contribution in [3.05, 3.63) is 59.7 Å². The second kappa shape index (κ2) is 5.80. The third-order valence-electron chi connectivity index (χ3n) is 2.92. The maximum atomic E-state index is 11.8. The number of carbonyl (C=O) groups excluding carboxylic acids is 1. The van der Waals surface area contributed by atoms with Gasteiger partial charge in [-0.25, -0.2) is 4.79 Å². The number of hydrogen-bond acceptors (Lipinski definition) is 4. The summed E-state index contributed by atoms with van der Waals surface area (Å²) in [6.45, 7) is 1.92. The van der Waals surface area contributed by atoms with Gasteiger partial charge in [0.05, 0.1) is 12.4 Å². The van der Waals surface area contributed by atoms with E-state index < -0.39 is 6.09 Å². The van der Waals surface area contributed by atoms with Gasteiger partial charge in [-0.3, -0.25) is 10.2 Å². The van der Waals surface area contributed by atoms with E-state index in [1.807, 2.05) is 48.7 Å². The highest BCUT2D eigenvalue weighted by Gasteiger charge is 2.09. The molecule has 0 saturated heterocycles. The molecule has 0 unspecified atom stereocenters. The van der Waals surface area contributed by atoms with Crippen molar-refractivity contribution in [3.8, 4) is 10.4 Å². The maximum absolute atomic E-state index is 11.8. The molecule has 5 nitrogen and oxygen atoms in total. The van der Waals surface area contributed by atoms with Crippen LogP contribution in [0, 0.1) is 6.92 Å². The van der Waals surface area contributed by atoms with E-state index in [2.05, 4.69) is 10.4 Å². The second-order valence-electron chi connectivity index (χ2n) is 4.43. The highest BCUT2D eigenvalue weighted by molar-refractivity contribution is 7.13. The second-order valence-corrected chi connectivity index (χ2v) is 5.38. The lowest BCUT2D eigenvalue weighted by atomic mass is 10.2. The number of amides is 1. The van der Waals surface area contributed by atoms with Crippen LogP contribution in [0.15, 0.2) is 54.2 Å². The first kappa shape index (κ1) is 13.4. The molecule has 2 aromatic heterocycles. The Bertz CT molecular complexity index is 750. The van der Waals surface area contributed by atoms with Crippen molar-refractivity contribution in [1.82, 2.24) is 9.94 Å². The predicted octanol–water partition coefficient (Wildman–Crippen LogP) is 3.58. The topological polar surface area (TPSA) is 56.1 Å². The number of anilines is 1. The molecule has 0 saturated carbocycles. The van der Waals surface area contributed by atoms with Crippen molar-refractivity contribution >= 4 is 23.1 Å². The Hall–Kier alpha value is -2.60. The summed E-state index contributed by atoms with van der Waals surface area (Å²) in [6.07, 6.45) is 2.75. The molecule has 0 atom stereocenters. The van der Waals surface area contributed by atoms with Gasteiger partial charge in [-0.2, -0.15) is 0 Å². The molecule has 3 aromatic rings. The molecule has 0 bridgehead atoms. The van der Waals surface area contributed by atoms with Crippen LogP contribution in [0.25, 0.3) is 10.4 Å². The van der Waals surface area contributed by atoms with Gasteiger partial charge in [-0.1, -0.05) is 29.1 Å². The molecule has 106 valence electrons. The minimum absolute atomic E-state index is 0.579. The van der Waals surface area contributed by atoms with Crippen molar-refractivity contribution < 1.29 is 9.63 Å². The van der Waals surface area contributed by atoms with E-state index in [1.165, 1.54) is 0 Å². The number of para-hydroxylation sites is 1. The molecule has 0 aliphatic carbocycles. The molecular formula is C15H13N3O2S. The largest absolute Gasteiger partial charge is 0.437 e. The minimum Gasteiger partial charge on any atom is -0.299 e. The van der Waals surface area contributed by atoms with Gasteiger partial charge in [0.2, 0.25) is 0 Å². The Morgan fingerprint density at radius 1 is 1.29 bits per heavy atom. The monoisotopic (exact) mass is 299 g/mol. The van der Waals surface area contributed by atoms with Gasteiger partial charge in [-0.05, 0) is 30.0 Å². The first-order chi connectivity index (χ1) is 10.2. The molecule has 1 amide bonds. The third kappa shape index (κ3) is 3.11. The first-order valence-corrected chi connectivity index (χ1v) is 7.24. The summed E-state index contributed by atoms with van der Waals surface area (Å²) in [4.78, 5) is 19.2. The smallest absolute Gasteiger partial charge is 0.299 e. The number of aryl methyl sites for hydroxylation is 1. The molecule has 0 fully saturated rings. The van der Waals surface area contributed by atoms with Crippen LogP contribution >= 0.6 is 11.3 Å². The zero-order valence-electron chi connectivity index (χ0n) is 11.3. The predicted molar refractivity (Wildman–Crippen MR) is 82.3 cm³/mol. The van der Waals surface area contributed by atoms with Crippen LogP contribution in [0.5, 0.6) is 0 Å². The van der Waals surface area contributed by atoms with Gasteiger partial charge in [0.25, 0.3) is 0 Å². The number of nitrogens with zero attached hydrogens (tertiary/aromatic N) is 2. The van der Waals surface area contributed by atoms with E-state index >= 15 is 0 Å². The van der Waals surface area contributed by atoms with Crippen LogP contribution in [0.3, 0.4) is 0 Å². The fourth-order valence-corrected chi connectivity index (χ4v) is 2.56. The van der Waals surface area contributed by atoms with Crippen molar-refractivity contribution in [3.63, 3.8) is 0 Å². The SMILES string of the molecule is Cc1ccccc1NC(=O)On1cc(-c2cccs2)cn1. The average Bonchev–Trinajstić information content (AvgIpc) is 3.12. The van der Waals surface area contributed by atoms with E-state index in [-0.39, 0.29) is 0 Å². The standard InChI is InChI=1S/C15H13N3O2S/c1-11-5-2-3-6-13(11)17-15(19)20-18-10-12(9-16-18)14-7-4-8-21-14/h2-10H,1H3,(H,17,19). The summed E-state index contributed by atoms with van der Waals surface area (Å²) in [5.41, 5.74) is 2.59. The lowest BCUT2D eigenvalue weighted by molar-refractivity contribution is 0.130. The van der Waals surface area contributed by atoms with E-state index in [0.717, 1.165) is 20.8 Å². The minimum atomic E-state index is -0.579. The number of nitrogens with one attached hydrogen (secondary N) is 1. The molecule has 0 aliphatic heterocycles. The van der Waals surface area contributed by atoms with Gasteiger partial charge in [-0.15, -0.1) is 16.4 Å². The summed E-state index contributed by atoms with van der Waals surface area (Å²) in [7, 11) is 0. The van der Waals surface area contributed by atoms with Crippen LogP contribution in [0.1, 0.15) is 5.56 Å². The lowest BCUT2D eigenvalue weighted by Gasteiger charge is -2.07. The number of thiophene rings is 1. The van der Waals surface area contributed by atoms with Gasteiger partial charge >= 0.3 is 6.09 Å². The summed E-state index contributed by atoms with van der Waals surface area (Å²) >= 11 is 1.60. The molecule has 6 heteroatoms. The van der Waals surface area contributed by atoms with Crippen molar-refractivity contribution in [2.75, 3.05) is 5.32 Å². The van der Waals surface area contributed by atoms with E-state index in [0.29, 0.717) is 5.69 Å². The van der Waals surface area contributed by atoms with Gasteiger partial charge in [0, 0.05) is 16.1 Å².